The molecule has 0 radical (unpaired) electrons. The summed E-state index contributed by atoms with van der Waals surface area (Å²) in [6, 6.07) is 5.19. The second-order valence-corrected chi connectivity index (χ2v) is 12.9. The fourth-order valence-corrected chi connectivity index (χ4v) is 6.39. The Kier molecular flexibility index (Phi) is 7.54. The van der Waals surface area contributed by atoms with Crippen LogP contribution < -0.4 is 9.62 Å². The average Bonchev–Trinajstić information content (AvgIpc) is 3.16. The zero-order valence-electron chi connectivity index (χ0n) is 19.6. The maximum absolute atomic E-state index is 14.0. The van der Waals surface area contributed by atoms with Gasteiger partial charge in [0.15, 0.2) is 5.82 Å². The number of benzene rings is 1. The number of piperidine rings is 1. The molecule has 2 fully saturated rings. The molecular weight excluding hydrogens is 501 g/mol. The lowest BCUT2D eigenvalue weighted by molar-refractivity contribution is 0.145. The molecule has 10 heteroatoms. The Morgan fingerprint density at radius 1 is 1.21 bits per heavy atom. The second-order valence-electron chi connectivity index (χ2n) is 10.2. The summed E-state index contributed by atoms with van der Waals surface area (Å²) in [6.07, 6.45) is 3.49. The number of anilines is 1. The molecule has 34 heavy (non-hydrogen) atoms. The Balaban J connectivity index is 1.54. The number of hydrogen-bond donors (Lipinski definition) is 1. The summed E-state index contributed by atoms with van der Waals surface area (Å²) in [7, 11) is -1.14. The zero-order valence-corrected chi connectivity index (χ0v) is 21.9. The first-order chi connectivity index (χ1) is 16.0. The van der Waals surface area contributed by atoms with Crippen molar-refractivity contribution in [2.75, 3.05) is 18.0 Å². The molecule has 1 aromatic heterocycles. The predicted octanol–water partition coefficient (Wildman–Crippen LogP) is 6.58. The lowest BCUT2D eigenvalue weighted by Gasteiger charge is -2.44. The van der Waals surface area contributed by atoms with Crippen molar-refractivity contribution in [1.82, 2.24) is 14.7 Å². The van der Waals surface area contributed by atoms with Gasteiger partial charge in [-0.2, -0.15) is 0 Å². The van der Waals surface area contributed by atoms with E-state index in [1.807, 2.05) is 25.7 Å². The van der Waals surface area contributed by atoms with Gasteiger partial charge in [-0.25, -0.2) is 27.7 Å². The summed E-state index contributed by atoms with van der Waals surface area (Å²) in [5.41, 5.74) is 0.424. The Hall–Kier alpha value is -1.35. The summed E-state index contributed by atoms with van der Waals surface area (Å²) in [4.78, 5) is 10.5. The van der Waals surface area contributed by atoms with Crippen molar-refractivity contribution in [1.29, 1.82) is 0 Å². The number of nitrogens with zero attached hydrogens (tertiary/aromatic N) is 3. The van der Waals surface area contributed by atoms with Gasteiger partial charge in [-0.3, -0.25) is 0 Å². The number of hydrogen-bond acceptors (Lipinski definition) is 4. The first-order valence-electron chi connectivity index (χ1n) is 11.5. The quantitative estimate of drug-likeness (QED) is 0.474. The van der Waals surface area contributed by atoms with Crippen LogP contribution in [0.1, 0.15) is 65.0 Å². The van der Waals surface area contributed by atoms with Gasteiger partial charge in [0, 0.05) is 24.7 Å². The minimum Gasteiger partial charge on any atom is -0.355 e. The normalized spacial score (nSPS) is 21.4. The van der Waals surface area contributed by atoms with E-state index >= 15 is 0 Å². The van der Waals surface area contributed by atoms with Crippen LogP contribution >= 0.6 is 23.2 Å². The standard InChI is InChI=1S/C24H30Cl2F2N4OS/c1-23(2,3)34(33)31-18-8-5-9-24(18)10-12-32(13-11-24)22-20(21(27)28)30-17(14-29-22)15-6-4-7-16(25)19(15)26/h4,6-7,14,18,21,31H,5,8-13H2,1-3H3/t18-,34?/m1/s1. The smallest absolute Gasteiger partial charge is 0.284 e. The molecule has 1 N–H and O–H groups in total. The fraction of sp³-hybridized carbons (Fsp3) is 0.583. The molecule has 1 unspecified atom stereocenters. The maximum atomic E-state index is 14.0. The lowest BCUT2D eigenvalue weighted by Crippen LogP contribution is -2.51. The van der Waals surface area contributed by atoms with Crippen molar-refractivity contribution < 1.29 is 13.0 Å². The Morgan fingerprint density at radius 2 is 1.91 bits per heavy atom. The highest BCUT2D eigenvalue weighted by atomic mass is 35.5. The molecule has 2 aromatic rings. The SMILES string of the molecule is CC(C)(C)S(=O)N[C@@H]1CCCC12CCN(c1ncc(-c3cccc(Cl)c3Cl)nc1C(F)F)CC2. The molecule has 5 nitrogen and oxygen atoms in total. The van der Waals surface area contributed by atoms with Crippen LogP contribution in [0.5, 0.6) is 0 Å². The van der Waals surface area contributed by atoms with Gasteiger partial charge >= 0.3 is 0 Å². The van der Waals surface area contributed by atoms with Crippen LogP contribution in [-0.2, 0) is 11.0 Å². The van der Waals surface area contributed by atoms with Crippen molar-refractivity contribution in [3.8, 4) is 11.3 Å². The van der Waals surface area contributed by atoms with E-state index in [0.29, 0.717) is 23.7 Å². The van der Waals surface area contributed by atoms with Gasteiger partial charge in [0.1, 0.15) is 5.69 Å². The predicted molar refractivity (Wildman–Crippen MR) is 135 cm³/mol. The molecular formula is C24H30Cl2F2N4OS. The van der Waals surface area contributed by atoms with Crippen molar-refractivity contribution in [3.63, 3.8) is 0 Å². The highest BCUT2D eigenvalue weighted by Crippen LogP contribution is 2.48. The van der Waals surface area contributed by atoms with E-state index in [-0.39, 0.29) is 38.4 Å². The molecule has 1 saturated heterocycles. The maximum Gasteiger partial charge on any atom is 0.284 e. The lowest BCUT2D eigenvalue weighted by atomic mass is 9.74. The van der Waals surface area contributed by atoms with Crippen LogP contribution in [0.4, 0.5) is 14.6 Å². The van der Waals surface area contributed by atoms with E-state index in [0.717, 1.165) is 32.1 Å². The highest BCUT2D eigenvalue weighted by Gasteiger charge is 2.46. The van der Waals surface area contributed by atoms with Gasteiger partial charge < -0.3 is 4.90 Å². The van der Waals surface area contributed by atoms with Crippen molar-refractivity contribution >= 4 is 40.0 Å². The molecule has 2 aliphatic rings. The number of halogens is 4. The molecule has 0 amide bonds. The summed E-state index contributed by atoms with van der Waals surface area (Å²) >= 11 is 12.4. The van der Waals surface area contributed by atoms with E-state index in [4.69, 9.17) is 23.2 Å². The number of alkyl halides is 2. The molecule has 1 aliphatic carbocycles. The third-order valence-corrected chi connectivity index (χ3v) is 9.41. The van der Waals surface area contributed by atoms with Crippen LogP contribution in [-0.4, -0.2) is 38.1 Å². The van der Waals surface area contributed by atoms with Crippen LogP contribution in [0.3, 0.4) is 0 Å². The van der Waals surface area contributed by atoms with Crippen molar-refractivity contribution in [3.05, 3.63) is 40.1 Å². The van der Waals surface area contributed by atoms with Crippen LogP contribution in [0.15, 0.2) is 24.4 Å². The van der Waals surface area contributed by atoms with Gasteiger partial charge in [-0.15, -0.1) is 0 Å². The Morgan fingerprint density at radius 3 is 2.56 bits per heavy atom. The van der Waals surface area contributed by atoms with Crippen LogP contribution in [0.2, 0.25) is 10.0 Å². The van der Waals surface area contributed by atoms with E-state index in [9.17, 15) is 13.0 Å². The van der Waals surface area contributed by atoms with E-state index in [2.05, 4.69) is 14.7 Å². The molecule has 2 atom stereocenters. The van der Waals surface area contributed by atoms with Gasteiger partial charge in [0.25, 0.3) is 6.43 Å². The van der Waals surface area contributed by atoms with Crippen molar-refractivity contribution in [2.24, 2.45) is 5.41 Å². The number of nitrogens with one attached hydrogen (secondary N) is 1. The number of aromatic nitrogens is 2. The summed E-state index contributed by atoms with van der Waals surface area (Å²) in [5, 5.41) is 0.593. The monoisotopic (exact) mass is 530 g/mol. The topological polar surface area (TPSA) is 58.1 Å². The molecule has 1 saturated carbocycles. The van der Waals surface area contributed by atoms with Gasteiger partial charge in [-0.1, -0.05) is 41.8 Å². The first kappa shape index (κ1) is 25.7. The minimum atomic E-state index is -2.77. The third kappa shape index (κ3) is 5.11. The zero-order chi connectivity index (χ0) is 24.7. The second kappa shape index (κ2) is 9.96. The van der Waals surface area contributed by atoms with E-state index in [1.54, 1.807) is 18.2 Å². The molecule has 1 spiro atoms. The molecule has 1 aliphatic heterocycles. The molecule has 186 valence electrons. The average molecular weight is 532 g/mol. The van der Waals surface area contributed by atoms with E-state index in [1.165, 1.54) is 6.20 Å². The number of rotatable bonds is 5. The highest BCUT2D eigenvalue weighted by molar-refractivity contribution is 7.84. The third-order valence-electron chi connectivity index (χ3n) is 6.98. The van der Waals surface area contributed by atoms with E-state index < -0.39 is 17.4 Å². The molecule has 4 rings (SSSR count). The molecule has 0 bridgehead atoms. The van der Waals surface area contributed by atoms with Gasteiger partial charge in [0.2, 0.25) is 0 Å². The van der Waals surface area contributed by atoms with Gasteiger partial charge in [-0.05, 0) is 57.9 Å². The summed E-state index contributed by atoms with van der Waals surface area (Å²) < 4.78 is 43.8. The first-order valence-corrected chi connectivity index (χ1v) is 13.4. The van der Waals surface area contributed by atoms with Crippen molar-refractivity contribution in [2.45, 2.75) is 70.1 Å². The fourth-order valence-electron chi connectivity index (χ4n) is 5.01. The largest absolute Gasteiger partial charge is 0.355 e. The summed E-state index contributed by atoms with van der Waals surface area (Å²) in [5.74, 6) is 0.215. The molecule has 1 aromatic carbocycles. The van der Waals surface area contributed by atoms with Gasteiger partial charge in [0.05, 0.1) is 37.7 Å². The molecule has 2 heterocycles. The van der Waals surface area contributed by atoms with Crippen LogP contribution in [0.25, 0.3) is 11.3 Å². The Bertz CT molecular complexity index is 1070. The minimum absolute atomic E-state index is 0.0318. The summed E-state index contributed by atoms with van der Waals surface area (Å²) in [6.45, 7) is 7.10. The Labute approximate surface area is 212 Å². The van der Waals surface area contributed by atoms with Crippen LogP contribution in [0, 0.1) is 5.41 Å².